The summed E-state index contributed by atoms with van der Waals surface area (Å²) in [6.07, 6.45) is 8.35. The first-order valence-corrected chi connectivity index (χ1v) is 10.8. The van der Waals surface area contributed by atoms with Crippen molar-refractivity contribution in [3.8, 4) is 5.75 Å². The maximum absolute atomic E-state index is 11.3. The van der Waals surface area contributed by atoms with Crippen LogP contribution in [-0.4, -0.2) is 40.0 Å². The third-order valence-corrected chi connectivity index (χ3v) is 5.71. The monoisotopic (exact) mass is 437 g/mol. The first-order chi connectivity index (χ1) is 15.3. The van der Waals surface area contributed by atoms with E-state index in [0.717, 1.165) is 24.1 Å². The Balaban J connectivity index is 1.48. The van der Waals surface area contributed by atoms with E-state index >= 15 is 0 Å². The van der Waals surface area contributed by atoms with Crippen molar-refractivity contribution in [3.05, 3.63) is 83.5 Å². The largest absolute Gasteiger partial charge is 0.507 e. The first kappa shape index (κ1) is 23.5. The molecule has 0 aliphatic heterocycles. The molecule has 7 heteroatoms. The van der Waals surface area contributed by atoms with Crippen LogP contribution in [0.2, 0.25) is 0 Å². The number of hydrogen-bond acceptors (Lipinski definition) is 6. The summed E-state index contributed by atoms with van der Waals surface area (Å²) >= 11 is 0. The Morgan fingerprint density at radius 1 is 1.19 bits per heavy atom. The minimum absolute atomic E-state index is 0.00935. The van der Waals surface area contributed by atoms with Gasteiger partial charge in [-0.2, -0.15) is 0 Å². The average Bonchev–Trinajstić information content (AvgIpc) is 2.78. The van der Waals surface area contributed by atoms with Gasteiger partial charge < -0.3 is 31.7 Å². The predicted molar refractivity (Wildman–Crippen MR) is 125 cm³/mol. The lowest BCUT2D eigenvalue weighted by Gasteiger charge is -2.34. The molecule has 0 saturated carbocycles. The molecule has 0 radical (unpaired) electrons. The molecule has 0 bridgehead atoms. The number of hydrogen-bond donors (Lipinski definition) is 6. The Labute approximate surface area is 188 Å². The minimum Gasteiger partial charge on any atom is -0.507 e. The number of aliphatic hydroxyl groups excluding tert-OH is 1. The van der Waals surface area contributed by atoms with Gasteiger partial charge in [-0.05, 0) is 60.9 Å². The van der Waals surface area contributed by atoms with Crippen LogP contribution in [0.3, 0.4) is 0 Å². The molecule has 0 fully saturated rings. The molecule has 1 aliphatic rings. The van der Waals surface area contributed by atoms with E-state index < -0.39 is 17.7 Å². The summed E-state index contributed by atoms with van der Waals surface area (Å²) in [4.78, 5) is 11.3. The van der Waals surface area contributed by atoms with Crippen LogP contribution in [0.15, 0.2) is 66.8 Å². The van der Waals surface area contributed by atoms with Crippen molar-refractivity contribution in [3.63, 3.8) is 0 Å². The molecule has 1 aliphatic carbocycles. The van der Waals surface area contributed by atoms with Gasteiger partial charge in [0.05, 0.1) is 11.7 Å². The van der Waals surface area contributed by atoms with Crippen LogP contribution in [0.4, 0.5) is 5.69 Å². The number of benzene rings is 2. The second kappa shape index (κ2) is 10.5. The summed E-state index contributed by atoms with van der Waals surface area (Å²) in [6, 6.07) is 12.2. The van der Waals surface area contributed by atoms with Crippen molar-refractivity contribution in [2.75, 3.05) is 18.4 Å². The molecule has 0 spiro atoms. The summed E-state index contributed by atoms with van der Waals surface area (Å²) in [5, 5.41) is 37.3. The molecule has 3 rings (SSSR count). The fourth-order valence-corrected chi connectivity index (χ4v) is 3.79. The molecular formula is C25H31N3O4. The molecule has 2 aromatic rings. The van der Waals surface area contributed by atoms with Gasteiger partial charge in [-0.15, -0.1) is 0 Å². The number of rotatable bonds is 10. The van der Waals surface area contributed by atoms with Gasteiger partial charge in [-0.3, -0.25) is 4.79 Å². The van der Waals surface area contributed by atoms with Crippen LogP contribution in [0, 0.1) is 5.92 Å². The maximum Gasteiger partial charge on any atom is 0.252 e. The number of amides is 1. The van der Waals surface area contributed by atoms with Gasteiger partial charge in [0.15, 0.2) is 5.72 Å². The van der Waals surface area contributed by atoms with Gasteiger partial charge in [0.2, 0.25) is 0 Å². The molecule has 2 unspecified atom stereocenters. The van der Waals surface area contributed by atoms with Crippen LogP contribution >= 0.6 is 0 Å². The van der Waals surface area contributed by atoms with E-state index in [1.165, 1.54) is 12.1 Å². The Morgan fingerprint density at radius 3 is 2.62 bits per heavy atom. The molecule has 7 nitrogen and oxygen atoms in total. The van der Waals surface area contributed by atoms with Crippen molar-refractivity contribution < 1.29 is 20.1 Å². The van der Waals surface area contributed by atoms with E-state index in [9.17, 15) is 20.1 Å². The van der Waals surface area contributed by atoms with Crippen molar-refractivity contribution >= 4 is 11.6 Å². The van der Waals surface area contributed by atoms with Crippen LogP contribution in [0.5, 0.6) is 5.75 Å². The van der Waals surface area contributed by atoms with Gasteiger partial charge in [0.25, 0.3) is 5.91 Å². The SMILES string of the molecule is CCC1C=CC=C[C@]1(O)Nc1ccc(CCNCC(O)c2ccc(O)c(C(N)=O)c2)cc1. The minimum atomic E-state index is -1.09. The molecule has 0 heterocycles. The second-order valence-corrected chi connectivity index (χ2v) is 8.02. The van der Waals surface area contributed by atoms with E-state index in [1.807, 2.05) is 49.4 Å². The molecule has 0 saturated heterocycles. The summed E-state index contributed by atoms with van der Waals surface area (Å²) in [5.74, 6) is -0.932. The van der Waals surface area contributed by atoms with Crippen LogP contribution in [0.1, 0.15) is 40.9 Å². The van der Waals surface area contributed by atoms with Gasteiger partial charge >= 0.3 is 0 Å². The summed E-state index contributed by atoms with van der Waals surface area (Å²) in [5.41, 5.74) is 6.61. The normalized spacial score (nSPS) is 20.8. The van der Waals surface area contributed by atoms with Crippen molar-refractivity contribution in [1.29, 1.82) is 0 Å². The zero-order valence-corrected chi connectivity index (χ0v) is 18.2. The maximum atomic E-state index is 11.3. The van der Waals surface area contributed by atoms with Crippen LogP contribution in [-0.2, 0) is 6.42 Å². The number of carbonyl (C=O) groups is 1. The lowest BCUT2D eigenvalue weighted by atomic mass is 9.88. The topological polar surface area (TPSA) is 128 Å². The molecule has 1 amide bonds. The molecular weight excluding hydrogens is 406 g/mol. The Bertz CT molecular complexity index is 987. The van der Waals surface area contributed by atoms with Gasteiger partial charge in [0.1, 0.15) is 5.75 Å². The standard InChI is InChI=1S/C25H31N3O4/c1-2-19-5-3-4-13-25(19,32)28-20-9-6-17(7-10-20)12-14-27-16-23(30)18-8-11-22(29)21(15-18)24(26)31/h3-11,13,15,19,23,27-30,32H,2,12,14,16H2,1H3,(H2,26,31)/t19?,23?,25-/m1/s1. The number of aliphatic hydroxyl groups is 2. The third kappa shape index (κ3) is 5.76. The zero-order valence-electron chi connectivity index (χ0n) is 18.2. The highest BCUT2D eigenvalue weighted by molar-refractivity contribution is 5.95. The lowest BCUT2D eigenvalue weighted by Crippen LogP contribution is -2.43. The Kier molecular flexibility index (Phi) is 7.69. The van der Waals surface area contributed by atoms with Crippen molar-refractivity contribution in [2.45, 2.75) is 31.6 Å². The highest BCUT2D eigenvalue weighted by Gasteiger charge is 2.32. The molecule has 2 aromatic carbocycles. The summed E-state index contributed by atoms with van der Waals surface area (Å²) in [6.45, 7) is 3.00. The number of aromatic hydroxyl groups is 1. The average molecular weight is 438 g/mol. The van der Waals surface area contributed by atoms with Gasteiger partial charge in [-0.1, -0.05) is 43.4 Å². The number of anilines is 1. The smallest absolute Gasteiger partial charge is 0.252 e. The molecule has 7 N–H and O–H groups in total. The number of primary amides is 1. The highest BCUT2D eigenvalue weighted by Crippen LogP contribution is 2.29. The number of phenols is 1. The summed E-state index contributed by atoms with van der Waals surface area (Å²) < 4.78 is 0. The van der Waals surface area contributed by atoms with E-state index in [0.29, 0.717) is 18.7 Å². The van der Waals surface area contributed by atoms with Crippen molar-refractivity contribution in [2.24, 2.45) is 11.7 Å². The quantitative estimate of drug-likeness (QED) is 0.250. The number of carbonyl (C=O) groups excluding carboxylic acids is 1. The third-order valence-electron chi connectivity index (χ3n) is 5.71. The number of allylic oxidation sites excluding steroid dienone is 2. The van der Waals surface area contributed by atoms with Gasteiger partial charge in [0, 0.05) is 18.2 Å². The van der Waals surface area contributed by atoms with Crippen LogP contribution < -0.4 is 16.4 Å². The molecule has 0 aromatic heterocycles. The Hall–Kier alpha value is -3.13. The number of nitrogens with two attached hydrogens (primary N) is 1. The van der Waals surface area contributed by atoms with E-state index in [-0.39, 0.29) is 17.2 Å². The van der Waals surface area contributed by atoms with E-state index in [4.69, 9.17) is 5.73 Å². The molecule has 32 heavy (non-hydrogen) atoms. The first-order valence-electron chi connectivity index (χ1n) is 10.8. The van der Waals surface area contributed by atoms with Crippen LogP contribution in [0.25, 0.3) is 0 Å². The highest BCUT2D eigenvalue weighted by atomic mass is 16.3. The molecule has 3 atom stereocenters. The fraction of sp³-hybridized carbons (Fsp3) is 0.320. The van der Waals surface area contributed by atoms with Gasteiger partial charge in [-0.25, -0.2) is 0 Å². The number of nitrogens with one attached hydrogen (secondary N) is 2. The van der Waals surface area contributed by atoms with E-state index in [1.54, 1.807) is 12.1 Å². The van der Waals surface area contributed by atoms with E-state index in [2.05, 4.69) is 10.6 Å². The predicted octanol–water partition coefficient (Wildman–Crippen LogP) is 2.61. The fourth-order valence-electron chi connectivity index (χ4n) is 3.79. The van der Waals surface area contributed by atoms with Crippen molar-refractivity contribution in [1.82, 2.24) is 5.32 Å². The Morgan fingerprint density at radius 2 is 1.94 bits per heavy atom. The lowest BCUT2D eigenvalue weighted by molar-refractivity contribution is 0.0732. The summed E-state index contributed by atoms with van der Waals surface area (Å²) in [7, 11) is 0. The second-order valence-electron chi connectivity index (χ2n) is 8.02. The zero-order chi connectivity index (χ0) is 23.1. The molecule has 170 valence electrons.